The first-order valence-electron chi connectivity index (χ1n) is 7.28. The van der Waals surface area contributed by atoms with Crippen molar-refractivity contribution in [2.45, 2.75) is 41.5 Å². The van der Waals surface area contributed by atoms with Crippen molar-refractivity contribution in [3.63, 3.8) is 0 Å². The van der Waals surface area contributed by atoms with Crippen LogP contribution in [0.5, 0.6) is 0 Å². The standard InChI is InChI=1S/C19H23OP.Li/c1-11-8-7-9-12(2)18(11)21-19(20)17-14(4)10-13(3)15(5)16(17)6;/h7-10,21H,1-6H3;. The number of aryl methyl sites for hydroxylation is 4. The van der Waals surface area contributed by atoms with Crippen LogP contribution in [0.15, 0.2) is 24.3 Å². The first-order chi connectivity index (χ1) is 9.82. The molecule has 2 aromatic carbocycles. The fourth-order valence-electron chi connectivity index (χ4n) is 2.82. The Morgan fingerprint density at radius 2 is 1.36 bits per heavy atom. The number of carbonyl (C=O) groups excluding carboxylic acids is 1. The molecule has 2 aromatic rings. The quantitative estimate of drug-likeness (QED) is 0.610. The van der Waals surface area contributed by atoms with E-state index in [-0.39, 0.29) is 33.0 Å². The Morgan fingerprint density at radius 1 is 0.818 bits per heavy atom. The second-order valence-electron chi connectivity index (χ2n) is 5.86. The van der Waals surface area contributed by atoms with Crippen molar-refractivity contribution < 1.29 is 4.79 Å². The number of hydrogen-bond donors (Lipinski definition) is 0. The Balaban J connectivity index is 0.00000242. The molecule has 0 aromatic heterocycles. The molecule has 1 nitrogen and oxygen atoms in total. The van der Waals surface area contributed by atoms with Crippen LogP contribution in [0.4, 0.5) is 0 Å². The molecule has 22 heavy (non-hydrogen) atoms. The molecule has 0 saturated carbocycles. The summed E-state index contributed by atoms with van der Waals surface area (Å²) in [5.74, 6) is 0. The molecule has 111 valence electrons. The van der Waals surface area contributed by atoms with Crippen LogP contribution in [-0.4, -0.2) is 24.4 Å². The molecule has 0 saturated heterocycles. The Labute approximate surface area is 147 Å². The van der Waals surface area contributed by atoms with Gasteiger partial charge in [0.2, 0.25) is 0 Å². The van der Waals surface area contributed by atoms with Crippen molar-refractivity contribution >= 4 is 38.3 Å². The Kier molecular flexibility index (Phi) is 6.63. The molecule has 3 heteroatoms. The summed E-state index contributed by atoms with van der Waals surface area (Å²) in [7, 11) is 0.200. The van der Waals surface area contributed by atoms with E-state index < -0.39 is 0 Å². The van der Waals surface area contributed by atoms with Gasteiger partial charge in [0.15, 0.2) is 5.52 Å². The molecule has 0 heterocycles. The number of benzene rings is 2. The summed E-state index contributed by atoms with van der Waals surface area (Å²) in [6.07, 6.45) is 0. The molecule has 0 aliphatic carbocycles. The van der Waals surface area contributed by atoms with Gasteiger partial charge in [-0.25, -0.2) is 0 Å². The maximum absolute atomic E-state index is 12.8. The SMILES string of the molecule is Cc1cc(C)c(C(=O)Pc2c(C)cccc2C)c(C)c1C.[Li]. The topological polar surface area (TPSA) is 17.1 Å². The molecular weight excluding hydrogens is 282 g/mol. The third kappa shape index (κ3) is 3.72. The van der Waals surface area contributed by atoms with Gasteiger partial charge < -0.3 is 0 Å². The van der Waals surface area contributed by atoms with Crippen molar-refractivity contribution in [3.8, 4) is 0 Å². The van der Waals surface area contributed by atoms with Crippen molar-refractivity contribution in [2.75, 3.05) is 0 Å². The summed E-state index contributed by atoms with van der Waals surface area (Å²) in [5.41, 5.74) is 8.31. The van der Waals surface area contributed by atoms with Crippen LogP contribution in [-0.2, 0) is 0 Å². The van der Waals surface area contributed by atoms with E-state index >= 15 is 0 Å². The van der Waals surface area contributed by atoms with Gasteiger partial charge in [0.25, 0.3) is 0 Å². The van der Waals surface area contributed by atoms with Gasteiger partial charge in [0, 0.05) is 24.4 Å². The molecule has 0 amide bonds. The average molecular weight is 305 g/mol. The van der Waals surface area contributed by atoms with E-state index in [1.807, 2.05) is 6.92 Å². The zero-order chi connectivity index (χ0) is 15.7. The predicted octanol–water partition coefficient (Wildman–Crippen LogP) is 4.30. The first kappa shape index (κ1) is 19.2. The minimum atomic E-state index is 0. The van der Waals surface area contributed by atoms with Gasteiger partial charge in [-0.1, -0.05) is 24.3 Å². The van der Waals surface area contributed by atoms with Gasteiger partial charge in [-0.2, -0.15) is 0 Å². The molecule has 0 aliphatic heterocycles. The third-order valence-electron chi connectivity index (χ3n) is 4.30. The van der Waals surface area contributed by atoms with Gasteiger partial charge in [-0.15, -0.1) is 0 Å². The summed E-state index contributed by atoms with van der Waals surface area (Å²) in [6, 6.07) is 8.35. The summed E-state index contributed by atoms with van der Waals surface area (Å²) >= 11 is 0. The smallest absolute Gasteiger partial charge is 0.186 e. The van der Waals surface area contributed by atoms with Gasteiger partial charge in [-0.05, 0) is 88.8 Å². The van der Waals surface area contributed by atoms with Crippen LogP contribution in [0, 0.1) is 41.5 Å². The average Bonchev–Trinajstić information content (AvgIpc) is 2.40. The number of rotatable bonds is 3. The normalized spacial score (nSPS) is 10.8. The second kappa shape index (κ2) is 7.61. The zero-order valence-electron chi connectivity index (χ0n) is 14.7. The zero-order valence-corrected chi connectivity index (χ0v) is 15.7. The second-order valence-corrected chi connectivity index (χ2v) is 7.06. The van der Waals surface area contributed by atoms with Gasteiger partial charge in [0.05, 0.1) is 0 Å². The largest absolute Gasteiger partial charge is 0.289 e. The van der Waals surface area contributed by atoms with Gasteiger partial charge >= 0.3 is 0 Å². The maximum Gasteiger partial charge on any atom is 0.186 e. The minimum Gasteiger partial charge on any atom is -0.289 e. The van der Waals surface area contributed by atoms with E-state index in [9.17, 15) is 4.79 Å². The number of carbonyl (C=O) groups is 1. The molecule has 0 bridgehead atoms. The summed E-state index contributed by atoms with van der Waals surface area (Å²) in [5, 5.41) is 1.19. The van der Waals surface area contributed by atoms with E-state index in [4.69, 9.17) is 0 Å². The van der Waals surface area contributed by atoms with Crippen LogP contribution in [0.1, 0.15) is 43.7 Å². The fraction of sp³-hybridized carbons (Fsp3) is 0.316. The summed E-state index contributed by atoms with van der Waals surface area (Å²) < 4.78 is 0. The maximum atomic E-state index is 12.8. The van der Waals surface area contributed by atoms with E-state index in [1.54, 1.807) is 0 Å². The van der Waals surface area contributed by atoms with E-state index in [1.165, 1.54) is 27.6 Å². The number of hydrogen-bond acceptors (Lipinski definition) is 1. The van der Waals surface area contributed by atoms with E-state index in [0.717, 1.165) is 16.7 Å². The molecule has 0 N–H and O–H groups in total. The van der Waals surface area contributed by atoms with Crippen molar-refractivity contribution in [1.29, 1.82) is 0 Å². The Bertz CT molecular complexity index is 700. The van der Waals surface area contributed by atoms with Crippen molar-refractivity contribution in [2.24, 2.45) is 0 Å². The molecule has 0 aliphatic rings. The van der Waals surface area contributed by atoms with E-state index in [0.29, 0.717) is 0 Å². The van der Waals surface area contributed by atoms with Gasteiger partial charge in [0.1, 0.15) is 0 Å². The summed E-state index contributed by atoms with van der Waals surface area (Å²) in [6.45, 7) is 12.5. The molecule has 1 unspecified atom stereocenters. The van der Waals surface area contributed by atoms with Crippen LogP contribution in [0.25, 0.3) is 0 Å². The minimum absolute atomic E-state index is 0. The molecule has 1 radical (unpaired) electrons. The van der Waals surface area contributed by atoms with Gasteiger partial charge in [-0.3, -0.25) is 4.79 Å². The van der Waals surface area contributed by atoms with E-state index in [2.05, 4.69) is 58.9 Å². The van der Waals surface area contributed by atoms with Crippen LogP contribution < -0.4 is 5.30 Å². The monoisotopic (exact) mass is 305 g/mol. The molecule has 0 spiro atoms. The summed E-state index contributed by atoms with van der Waals surface area (Å²) in [4.78, 5) is 12.8. The van der Waals surface area contributed by atoms with Crippen LogP contribution in [0.3, 0.4) is 0 Å². The Morgan fingerprint density at radius 3 is 1.91 bits per heavy atom. The van der Waals surface area contributed by atoms with Crippen LogP contribution >= 0.6 is 8.58 Å². The predicted molar refractivity (Wildman–Crippen MR) is 99.3 cm³/mol. The third-order valence-corrected chi connectivity index (χ3v) is 5.82. The first-order valence-corrected chi connectivity index (χ1v) is 8.28. The van der Waals surface area contributed by atoms with Crippen molar-refractivity contribution in [1.82, 2.24) is 0 Å². The molecule has 1 atom stereocenters. The van der Waals surface area contributed by atoms with Crippen LogP contribution in [0.2, 0.25) is 0 Å². The molecule has 2 rings (SSSR count). The fourth-order valence-corrected chi connectivity index (χ4v) is 4.12. The molecular formula is C19H23LiOP. The Hall–Kier alpha value is -0.863. The van der Waals surface area contributed by atoms with Crippen molar-refractivity contribution in [3.05, 3.63) is 63.2 Å². The molecule has 0 fully saturated rings.